The molecule has 162 valence electrons. The topological polar surface area (TPSA) is 79.2 Å². The number of hydrogen-bond acceptors (Lipinski definition) is 7. The average Bonchev–Trinajstić information content (AvgIpc) is 2.74. The molecule has 0 aliphatic heterocycles. The molecule has 0 amide bonds. The first-order valence-electron chi connectivity index (χ1n) is 9.61. The monoisotopic (exact) mass is 560 g/mol. The first-order valence-corrected chi connectivity index (χ1v) is 11.1. The second-order valence-corrected chi connectivity index (χ2v) is 8.30. The Morgan fingerprint density at radius 2 is 1.22 bits per heavy atom. The number of halogens is 2. The van der Waals surface area contributed by atoms with Gasteiger partial charge in [0.15, 0.2) is 11.5 Å². The molecule has 0 fully saturated rings. The molecule has 0 saturated heterocycles. The summed E-state index contributed by atoms with van der Waals surface area (Å²) < 4.78 is 18.5. The van der Waals surface area contributed by atoms with E-state index in [0.717, 1.165) is 9.39 Å². The highest BCUT2D eigenvalue weighted by Gasteiger charge is 2.11. The van der Waals surface area contributed by atoms with Gasteiger partial charge >= 0.3 is 0 Å². The fraction of sp³-hybridized carbons (Fsp3) is 0.130. The summed E-state index contributed by atoms with van der Waals surface area (Å²) in [5, 5.41) is 0.358. The first-order chi connectivity index (χ1) is 15.4. The van der Waals surface area contributed by atoms with E-state index in [9.17, 15) is 0 Å². The van der Waals surface area contributed by atoms with Crippen LogP contribution >= 0.6 is 34.2 Å². The third kappa shape index (κ3) is 5.43. The van der Waals surface area contributed by atoms with Crippen LogP contribution < -0.4 is 14.2 Å². The predicted molar refractivity (Wildman–Crippen MR) is 129 cm³/mol. The lowest BCUT2D eigenvalue weighted by molar-refractivity contribution is 0.431. The summed E-state index contributed by atoms with van der Waals surface area (Å²) in [6.45, 7) is 5.58. The molecule has 0 radical (unpaired) electrons. The second-order valence-electron chi connectivity index (χ2n) is 6.80. The van der Waals surface area contributed by atoms with Gasteiger partial charge in [0, 0.05) is 24.4 Å². The summed E-state index contributed by atoms with van der Waals surface area (Å²) in [5.74, 6) is 3.31. The van der Waals surface area contributed by atoms with Crippen molar-refractivity contribution in [3.63, 3.8) is 0 Å². The van der Waals surface area contributed by atoms with Crippen LogP contribution in [0.4, 0.5) is 0 Å². The SMILES string of the molecule is Cc1nc(Oc2ccc(Oc3ccc(I)nc3C)nc2C)ccc1Oc1ccnc(Cl)c1. The lowest BCUT2D eigenvalue weighted by Crippen LogP contribution is -1.98. The van der Waals surface area contributed by atoms with Crippen LogP contribution in [0.2, 0.25) is 5.15 Å². The van der Waals surface area contributed by atoms with Crippen molar-refractivity contribution < 1.29 is 14.2 Å². The number of ether oxygens (including phenoxy) is 3. The van der Waals surface area contributed by atoms with Gasteiger partial charge in [-0.1, -0.05) is 11.6 Å². The van der Waals surface area contributed by atoms with Crippen molar-refractivity contribution in [1.29, 1.82) is 0 Å². The molecule has 0 aliphatic carbocycles. The van der Waals surface area contributed by atoms with Crippen LogP contribution in [0.1, 0.15) is 17.1 Å². The zero-order valence-corrected chi connectivity index (χ0v) is 20.4. The first kappa shape index (κ1) is 22.2. The Balaban J connectivity index is 1.47. The Morgan fingerprint density at radius 3 is 1.75 bits per heavy atom. The Morgan fingerprint density at radius 1 is 0.688 bits per heavy atom. The quantitative estimate of drug-likeness (QED) is 0.189. The van der Waals surface area contributed by atoms with Gasteiger partial charge in [0.2, 0.25) is 11.8 Å². The van der Waals surface area contributed by atoms with Crippen molar-refractivity contribution in [2.45, 2.75) is 20.8 Å². The highest BCUT2D eigenvalue weighted by molar-refractivity contribution is 14.1. The lowest BCUT2D eigenvalue weighted by atomic mass is 10.3. The Hall–Kier alpha value is -2.98. The third-order valence-electron chi connectivity index (χ3n) is 4.38. The molecule has 7 nitrogen and oxygen atoms in total. The van der Waals surface area contributed by atoms with Gasteiger partial charge in [0.25, 0.3) is 0 Å². The van der Waals surface area contributed by atoms with Crippen molar-refractivity contribution >= 4 is 34.2 Å². The van der Waals surface area contributed by atoms with E-state index in [2.05, 4.69) is 42.5 Å². The van der Waals surface area contributed by atoms with Crippen LogP contribution in [0.3, 0.4) is 0 Å². The van der Waals surface area contributed by atoms with E-state index in [-0.39, 0.29) is 0 Å². The van der Waals surface area contributed by atoms with Gasteiger partial charge in [-0.3, -0.25) is 0 Å². The van der Waals surface area contributed by atoms with E-state index in [1.54, 1.807) is 42.6 Å². The van der Waals surface area contributed by atoms with Gasteiger partial charge < -0.3 is 14.2 Å². The molecule has 4 heterocycles. The van der Waals surface area contributed by atoms with Crippen LogP contribution in [0, 0.1) is 24.5 Å². The fourth-order valence-corrected chi connectivity index (χ4v) is 3.51. The zero-order valence-electron chi connectivity index (χ0n) is 17.5. The number of aryl methyl sites for hydroxylation is 3. The van der Waals surface area contributed by atoms with Gasteiger partial charge in [-0.25, -0.2) is 19.9 Å². The third-order valence-corrected chi connectivity index (χ3v) is 5.19. The molecule has 0 unspecified atom stereocenters. The van der Waals surface area contributed by atoms with Crippen LogP contribution in [0.5, 0.6) is 34.8 Å². The van der Waals surface area contributed by atoms with Crippen LogP contribution in [-0.2, 0) is 0 Å². The van der Waals surface area contributed by atoms with Crippen molar-refractivity contribution in [1.82, 2.24) is 19.9 Å². The summed E-state index contributed by atoms with van der Waals surface area (Å²) in [6, 6.07) is 14.2. The van der Waals surface area contributed by atoms with Crippen molar-refractivity contribution in [3.8, 4) is 34.8 Å². The van der Waals surface area contributed by atoms with Gasteiger partial charge in [-0.2, -0.15) is 0 Å². The summed E-state index contributed by atoms with van der Waals surface area (Å²) in [6.07, 6.45) is 1.58. The van der Waals surface area contributed by atoms with Gasteiger partial charge in [0.05, 0.1) is 17.1 Å². The largest absolute Gasteiger partial charge is 0.455 e. The number of hydrogen-bond donors (Lipinski definition) is 0. The highest BCUT2D eigenvalue weighted by Crippen LogP contribution is 2.31. The molecule has 9 heteroatoms. The molecule has 0 spiro atoms. The van der Waals surface area contributed by atoms with E-state index < -0.39 is 0 Å². The maximum atomic E-state index is 5.93. The van der Waals surface area contributed by atoms with Crippen molar-refractivity contribution in [2.75, 3.05) is 0 Å². The molecule has 4 aromatic rings. The highest BCUT2D eigenvalue weighted by atomic mass is 127. The van der Waals surface area contributed by atoms with Crippen LogP contribution in [0.25, 0.3) is 0 Å². The maximum Gasteiger partial charge on any atom is 0.219 e. The zero-order chi connectivity index (χ0) is 22.7. The minimum atomic E-state index is 0.358. The van der Waals surface area contributed by atoms with E-state index in [1.807, 2.05) is 32.9 Å². The number of rotatable bonds is 6. The summed E-state index contributed by atoms with van der Waals surface area (Å²) in [4.78, 5) is 17.3. The van der Waals surface area contributed by atoms with Gasteiger partial charge in [-0.05, 0) is 73.7 Å². The second kappa shape index (κ2) is 9.66. The molecule has 4 rings (SSSR count). The smallest absolute Gasteiger partial charge is 0.219 e. The maximum absolute atomic E-state index is 5.93. The summed E-state index contributed by atoms with van der Waals surface area (Å²) in [7, 11) is 0. The molecule has 0 saturated carbocycles. The van der Waals surface area contributed by atoms with Gasteiger partial charge in [-0.15, -0.1) is 0 Å². The Bertz CT molecular complexity index is 1290. The van der Waals surface area contributed by atoms with Gasteiger partial charge in [0.1, 0.15) is 20.4 Å². The van der Waals surface area contributed by atoms with E-state index in [0.29, 0.717) is 51.3 Å². The normalized spacial score (nSPS) is 10.7. The molecule has 0 aromatic carbocycles. The minimum Gasteiger partial charge on any atom is -0.455 e. The Kier molecular flexibility index (Phi) is 6.71. The Labute approximate surface area is 203 Å². The molecular formula is C23H18ClIN4O3. The number of aromatic nitrogens is 4. The minimum absolute atomic E-state index is 0.358. The molecule has 32 heavy (non-hydrogen) atoms. The number of nitrogens with zero attached hydrogens (tertiary/aromatic N) is 4. The van der Waals surface area contributed by atoms with Crippen LogP contribution in [-0.4, -0.2) is 19.9 Å². The fourth-order valence-electron chi connectivity index (χ4n) is 2.81. The average molecular weight is 561 g/mol. The summed E-state index contributed by atoms with van der Waals surface area (Å²) in [5.41, 5.74) is 2.14. The molecule has 4 aromatic heterocycles. The molecule has 0 bridgehead atoms. The van der Waals surface area contributed by atoms with Crippen molar-refractivity contribution in [2.24, 2.45) is 0 Å². The standard InChI is InChI=1S/C23H18ClIN4O3/c1-13-18(4-7-21(25)27-13)31-23-9-6-19(15(3)29-23)32-22-8-5-17(14(2)28-22)30-16-10-11-26-20(24)12-16/h4-12H,1-3H3. The lowest BCUT2D eigenvalue weighted by Gasteiger charge is -2.12. The van der Waals surface area contributed by atoms with E-state index in [1.165, 1.54) is 0 Å². The van der Waals surface area contributed by atoms with E-state index >= 15 is 0 Å². The molecule has 0 N–H and O–H groups in total. The molecule has 0 atom stereocenters. The number of pyridine rings is 4. The summed E-state index contributed by atoms with van der Waals surface area (Å²) >= 11 is 8.07. The van der Waals surface area contributed by atoms with Crippen molar-refractivity contribution in [3.05, 3.63) is 80.7 Å². The molecule has 0 aliphatic rings. The van der Waals surface area contributed by atoms with Crippen LogP contribution in [0.15, 0.2) is 54.7 Å². The predicted octanol–water partition coefficient (Wildman–Crippen LogP) is 6.83. The molecular weight excluding hydrogens is 543 g/mol. The van der Waals surface area contributed by atoms with E-state index in [4.69, 9.17) is 25.8 Å².